The lowest BCUT2D eigenvalue weighted by atomic mass is 10.2. The lowest BCUT2D eigenvalue weighted by molar-refractivity contribution is 0.0176. The van der Waals surface area contributed by atoms with Crippen molar-refractivity contribution in [2.24, 2.45) is 0 Å². The molecule has 17 heavy (non-hydrogen) atoms. The fourth-order valence-corrected chi connectivity index (χ4v) is 1.90. The number of nitrogen functional groups attached to an aromatic ring is 1. The molecule has 6 nitrogen and oxygen atoms in total. The van der Waals surface area contributed by atoms with Gasteiger partial charge in [-0.25, -0.2) is 4.79 Å². The van der Waals surface area contributed by atoms with Crippen LogP contribution in [-0.2, 0) is 11.3 Å². The maximum Gasteiger partial charge on any atom is 0.411 e. The summed E-state index contributed by atoms with van der Waals surface area (Å²) in [6, 6.07) is -0.161. The summed E-state index contributed by atoms with van der Waals surface area (Å²) < 4.78 is 10.4. The Morgan fingerprint density at radius 3 is 2.76 bits per heavy atom. The SMILES string of the molecule is CC1c2c(N)noc2CN1C(=O)OC(C)(C)C. The number of nitrogens with two attached hydrogens (primary N) is 1. The van der Waals surface area contributed by atoms with E-state index in [1.165, 1.54) is 0 Å². The van der Waals surface area contributed by atoms with Gasteiger partial charge in [0.1, 0.15) is 5.60 Å². The van der Waals surface area contributed by atoms with Crippen LogP contribution >= 0.6 is 0 Å². The molecule has 0 aromatic carbocycles. The predicted molar refractivity (Wildman–Crippen MR) is 61.1 cm³/mol. The molecular formula is C11H17N3O3. The molecule has 2 N–H and O–H groups in total. The Labute approximate surface area is 99.7 Å². The van der Waals surface area contributed by atoms with E-state index in [9.17, 15) is 4.79 Å². The van der Waals surface area contributed by atoms with E-state index in [2.05, 4.69) is 5.16 Å². The number of amides is 1. The fraction of sp³-hybridized carbons (Fsp3) is 0.636. The third-order valence-corrected chi connectivity index (χ3v) is 2.66. The van der Waals surface area contributed by atoms with E-state index in [0.29, 0.717) is 18.1 Å². The zero-order valence-corrected chi connectivity index (χ0v) is 10.5. The average Bonchev–Trinajstić information content (AvgIpc) is 2.66. The third kappa shape index (κ3) is 2.07. The summed E-state index contributed by atoms with van der Waals surface area (Å²) in [6.07, 6.45) is -0.365. The summed E-state index contributed by atoms with van der Waals surface area (Å²) >= 11 is 0. The Bertz CT molecular complexity index is 447. The number of aromatic nitrogens is 1. The van der Waals surface area contributed by atoms with Crippen molar-refractivity contribution in [3.8, 4) is 0 Å². The van der Waals surface area contributed by atoms with Crippen molar-refractivity contribution in [1.29, 1.82) is 0 Å². The van der Waals surface area contributed by atoms with Crippen molar-refractivity contribution in [3.05, 3.63) is 11.3 Å². The number of carbonyl (C=O) groups excluding carboxylic acids is 1. The summed E-state index contributed by atoms with van der Waals surface area (Å²) in [5.74, 6) is 0.986. The highest BCUT2D eigenvalue weighted by Crippen LogP contribution is 2.37. The summed E-state index contributed by atoms with van der Waals surface area (Å²) in [5.41, 5.74) is 5.97. The lowest BCUT2D eigenvalue weighted by Crippen LogP contribution is -2.35. The molecule has 1 aliphatic heterocycles. The Balaban J connectivity index is 2.15. The molecule has 2 heterocycles. The molecule has 1 atom stereocenters. The zero-order valence-electron chi connectivity index (χ0n) is 10.5. The molecule has 1 amide bonds. The molecular weight excluding hydrogens is 222 g/mol. The second kappa shape index (κ2) is 3.65. The van der Waals surface area contributed by atoms with Gasteiger partial charge in [-0.2, -0.15) is 0 Å². The Hall–Kier alpha value is -1.72. The standard InChI is InChI=1S/C11H17N3O3/c1-6-8-7(17-13-9(8)12)5-14(6)10(15)16-11(2,3)4/h6H,5H2,1-4H3,(H2,12,13). The first-order valence-electron chi connectivity index (χ1n) is 5.53. The van der Waals surface area contributed by atoms with Crippen LogP contribution in [0.4, 0.5) is 10.6 Å². The monoisotopic (exact) mass is 239 g/mol. The normalized spacial score (nSPS) is 19.3. The van der Waals surface area contributed by atoms with Crippen LogP contribution in [0.5, 0.6) is 0 Å². The minimum Gasteiger partial charge on any atom is -0.444 e. The molecule has 0 spiro atoms. The molecule has 0 bridgehead atoms. The Morgan fingerprint density at radius 2 is 2.24 bits per heavy atom. The van der Waals surface area contributed by atoms with E-state index in [-0.39, 0.29) is 12.1 Å². The Morgan fingerprint density at radius 1 is 1.59 bits per heavy atom. The van der Waals surface area contributed by atoms with Gasteiger partial charge in [0.15, 0.2) is 11.6 Å². The van der Waals surface area contributed by atoms with Crippen LogP contribution in [0.2, 0.25) is 0 Å². The van der Waals surface area contributed by atoms with Gasteiger partial charge in [-0.15, -0.1) is 0 Å². The number of carbonyl (C=O) groups is 1. The van der Waals surface area contributed by atoms with E-state index in [1.807, 2.05) is 27.7 Å². The maximum absolute atomic E-state index is 11.9. The largest absolute Gasteiger partial charge is 0.444 e. The van der Waals surface area contributed by atoms with Crippen LogP contribution in [0.15, 0.2) is 4.52 Å². The third-order valence-electron chi connectivity index (χ3n) is 2.66. The summed E-state index contributed by atoms with van der Waals surface area (Å²) in [7, 11) is 0. The molecule has 1 aromatic heterocycles. The topological polar surface area (TPSA) is 81.6 Å². The fourth-order valence-electron chi connectivity index (χ4n) is 1.90. The van der Waals surface area contributed by atoms with Gasteiger partial charge < -0.3 is 15.0 Å². The molecule has 1 aromatic rings. The van der Waals surface area contributed by atoms with Crippen molar-refractivity contribution >= 4 is 11.9 Å². The predicted octanol–water partition coefficient (Wildman–Crippen LogP) is 2.07. The highest BCUT2D eigenvalue weighted by molar-refractivity contribution is 5.70. The summed E-state index contributed by atoms with van der Waals surface area (Å²) in [6.45, 7) is 7.73. The van der Waals surface area contributed by atoms with Gasteiger partial charge in [0.25, 0.3) is 0 Å². The maximum atomic E-state index is 11.9. The van der Waals surface area contributed by atoms with E-state index >= 15 is 0 Å². The number of rotatable bonds is 0. The average molecular weight is 239 g/mol. The van der Waals surface area contributed by atoms with E-state index in [4.69, 9.17) is 15.0 Å². The van der Waals surface area contributed by atoms with Crippen LogP contribution in [-0.4, -0.2) is 21.8 Å². The molecule has 2 rings (SSSR count). The number of hydrogen-bond donors (Lipinski definition) is 1. The number of anilines is 1. The zero-order chi connectivity index (χ0) is 12.8. The van der Waals surface area contributed by atoms with Gasteiger partial charge in [-0.3, -0.25) is 4.90 Å². The van der Waals surface area contributed by atoms with Crippen molar-refractivity contribution in [3.63, 3.8) is 0 Å². The summed E-state index contributed by atoms with van der Waals surface area (Å²) in [5, 5.41) is 3.68. The Kier molecular flexibility index (Phi) is 2.52. The van der Waals surface area contributed by atoms with Crippen molar-refractivity contribution < 1.29 is 14.1 Å². The second-order valence-electron chi connectivity index (χ2n) is 5.19. The van der Waals surface area contributed by atoms with Gasteiger partial charge in [-0.05, 0) is 27.7 Å². The molecule has 0 saturated carbocycles. The molecule has 94 valence electrons. The molecule has 6 heteroatoms. The van der Waals surface area contributed by atoms with Gasteiger partial charge >= 0.3 is 6.09 Å². The first-order valence-corrected chi connectivity index (χ1v) is 5.53. The molecule has 0 radical (unpaired) electrons. The highest BCUT2D eigenvalue weighted by Gasteiger charge is 2.38. The smallest absolute Gasteiger partial charge is 0.411 e. The molecule has 1 unspecified atom stereocenters. The highest BCUT2D eigenvalue weighted by atomic mass is 16.6. The molecule has 0 saturated heterocycles. The van der Waals surface area contributed by atoms with Gasteiger partial charge in [0, 0.05) is 0 Å². The van der Waals surface area contributed by atoms with Crippen LogP contribution in [0, 0.1) is 0 Å². The van der Waals surface area contributed by atoms with Crippen LogP contribution in [0.3, 0.4) is 0 Å². The minimum absolute atomic E-state index is 0.161. The van der Waals surface area contributed by atoms with Crippen molar-refractivity contribution in [2.45, 2.75) is 45.9 Å². The van der Waals surface area contributed by atoms with E-state index in [1.54, 1.807) is 4.90 Å². The minimum atomic E-state index is -0.510. The first-order chi connectivity index (χ1) is 7.79. The van der Waals surface area contributed by atoms with Gasteiger partial charge in [-0.1, -0.05) is 5.16 Å². The second-order valence-corrected chi connectivity index (χ2v) is 5.19. The van der Waals surface area contributed by atoms with Crippen molar-refractivity contribution in [1.82, 2.24) is 10.1 Å². The number of fused-ring (bicyclic) bond motifs is 1. The lowest BCUT2D eigenvalue weighted by Gasteiger charge is -2.26. The number of ether oxygens (including phenoxy) is 1. The van der Waals surface area contributed by atoms with E-state index < -0.39 is 5.60 Å². The quantitative estimate of drug-likeness (QED) is 0.749. The first kappa shape index (κ1) is 11.8. The number of hydrogen-bond acceptors (Lipinski definition) is 5. The van der Waals surface area contributed by atoms with Gasteiger partial charge in [0.2, 0.25) is 0 Å². The molecule has 1 aliphatic rings. The van der Waals surface area contributed by atoms with Crippen molar-refractivity contribution in [2.75, 3.05) is 5.73 Å². The summed E-state index contributed by atoms with van der Waals surface area (Å²) in [4.78, 5) is 13.5. The van der Waals surface area contributed by atoms with Crippen LogP contribution in [0.25, 0.3) is 0 Å². The van der Waals surface area contributed by atoms with Gasteiger partial charge in [0.05, 0.1) is 18.2 Å². The van der Waals surface area contributed by atoms with Crippen LogP contribution in [0.1, 0.15) is 45.1 Å². The van der Waals surface area contributed by atoms with Crippen LogP contribution < -0.4 is 5.73 Å². The number of nitrogens with zero attached hydrogens (tertiary/aromatic N) is 2. The molecule has 0 fully saturated rings. The molecule has 0 aliphatic carbocycles. The van der Waals surface area contributed by atoms with E-state index in [0.717, 1.165) is 5.56 Å².